The van der Waals surface area contributed by atoms with Crippen LogP contribution in [0.4, 0.5) is 0 Å². The second kappa shape index (κ2) is 8.94. The fraction of sp³-hybridized carbons (Fsp3) is 0.350. The van der Waals surface area contributed by atoms with Crippen molar-refractivity contribution in [3.05, 3.63) is 52.0 Å². The van der Waals surface area contributed by atoms with E-state index in [0.29, 0.717) is 23.8 Å². The van der Waals surface area contributed by atoms with Gasteiger partial charge in [-0.1, -0.05) is 6.07 Å². The molecule has 0 saturated heterocycles. The van der Waals surface area contributed by atoms with Crippen molar-refractivity contribution >= 4 is 21.8 Å². The van der Waals surface area contributed by atoms with E-state index in [1.165, 1.54) is 0 Å². The zero-order chi connectivity index (χ0) is 19.3. The van der Waals surface area contributed by atoms with E-state index in [-0.39, 0.29) is 5.91 Å². The van der Waals surface area contributed by atoms with Gasteiger partial charge in [-0.15, -0.1) is 0 Å². The maximum Gasteiger partial charge on any atom is 0.263 e. The molecule has 2 aromatic carbocycles. The first-order chi connectivity index (χ1) is 12.3. The average Bonchev–Trinajstić information content (AvgIpc) is 2.63. The first-order valence-electron chi connectivity index (χ1n) is 8.24. The summed E-state index contributed by atoms with van der Waals surface area (Å²) in [5.74, 6) is 1.92. The van der Waals surface area contributed by atoms with Gasteiger partial charge >= 0.3 is 0 Å². The number of methoxy groups -OCH3 is 2. The molecular weight excluding hydrogens is 398 g/mol. The van der Waals surface area contributed by atoms with Crippen LogP contribution in [0.15, 0.2) is 40.9 Å². The van der Waals surface area contributed by atoms with Crippen LogP contribution in [0, 0.1) is 6.92 Å². The van der Waals surface area contributed by atoms with Crippen LogP contribution in [-0.2, 0) is 11.3 Å². The molecule has 6 heteroatoms. The van der Waals surface area contributed by atoms with Crippen LogP contribution in [0.5, 0.6) is 17.2 Å². The summed E-state index contributed by atoms with van der Waals surface area (Å²) >= 11 is 3.47. The fourth-order valence-electron chi connectivity index (χ4n) is 2.57. The van der Waals surface area contributed by atoms with Gasteiger partial charge in [-0.2, -0.15) is 0 Å². The van der Waals surface area contributed by atoms with Crippen molar-refractivity contribution in [1.29, 1.82) is 0 Å². The molecule has 2 rings (SSSR count). The molecule has 0 radical (unpaired) electrons. The van der Waals surface area contributed by atoms with E-state index in [0.717, 1.165) is 15.6 Å². The third kappa shape index (κ3) is 4.91. The van der Waals surface area contributed by atoms with Gasteiger partial charge < -0.3 is 19.1 Å². The standard InChI is InChI=1S/C20H24BrNO4/c1-13-6-9-18(17(21)10-13)26-14(2)20(23)22(3)12-15-7-8-16(24-4)11-19(15)25-5/h6-11,14H,12H2,1-5H3. The number of amides is 1. The van der Waals surface area contributed by atoms with Gasteiger partial charge in [0, 0.05) is 25.2 Å². The molecule has 0 aromatic heterocycles. The van der Waals surface area contributed by atoms with Gasteiger partial charge in [0.15, 0.2) is 6.10 Å². The van der Waals surface area contributed by atoms with Crippen molar-refractivity contribution < 1.29 is 19.0 Å². The first kappa shape index (κ1) is 20.1. The number of likely N-dealkylation sites (N-methyl/N-ethyl adjacent to an activating group) is 1. The number of hydrogen-bond donors (Lipinski definition) is 0. The van der Waals surface area contributed by atoms with Crippen molar-refractivity contribution in [2.24, 2.45) is 0 Å². The highest BCUT2D eigenvalue weighted by molar-refractivity contribution is 9.10. The van der Waals surface area contributed by atoms with E-state index in [9.17, 15) is 4.79 Å². The number of nitrogens with zero attached hydrogens (tertiary/aromatic N) is 1. The molecule has 0 bridgehead atoms. The number of rotatable bonds is 7. The maximum atomic E-state index is 12.7. The van der Waals surface area contributed by atoms with Crippen molar-refractivity contribution in [2.45, 2.75) is 26.5 Å². The first-order valence-corrected chi connectivity index (χ1v) is 9.03. The molecular formula is C20H24BrNO4. The Bertz CT molecular complexity index is 778. The molecule has 2 aromatic rings. The number of benzene rings is 2. The average molecular weight is 422 g/mol. The van der Waals surface area contributed by atoms with E-state index in [1.807, 2.05) is 37.3 Å². The highest BCUT2D eigenvalue weighted by atomic mass is 79.9. The Morgan fingerprint density at radius 2 is 1.85 bits per heavy atom. The normalized spacial score (nSPS) is 11.6. The van der Waals surface area contributed by atoms with E-state index >= 15 is 0 Å². The monoisotopic (exact) mass is 421 g/mol. The number of carbonyl (C=O) groups is 1. The number of halogens is 1. The molecule has 0 heterocycles. The Hall–Kier alpha value is -2.21. The second-order valence-electron chi connectivity index (χ2n) is 6.07. The molecule has 0 N–H and O–H groups in total. The molecule has 0 fully saturated rings. The number of hydrogen-bond acceptors (Lipinski definition) is 4. The molecule has 1 unspecified atom stereocenters. The lowest BCUT2D eigenvalue weighted by molar-refractivity contribution is -0.137. The third-order valence-electron chi connectivity index (χ3n) is 4.02. The van der Waals surface area contributed by atoms with Crippen LogP contribution in [0.1, 0.15) is 18.1 Å². The van der Waals surface area contributed by atoms with Gasteiger partial charge in [-0.3, -0.25) is 4.79 Å². The molecule has 1 atom stereocenters. The molecule has 0 saturated carbocycles. The Morgan fingerprint density at radius 3 is 2.46 bits per heavy atom. The van der Waals surface area contributed by atoms with E-state index in [2.05, 4.69) is 15.9 Å². The summed E-state index contributed by atoms with van der Waals surface area (Å²) in [6, 6.07) is 11.3. The molecule has 0 aliphatic carbocycles. The SMILES string of the molecule is COc1ccc(CN(C)C(=O)C(C)Oc2ccc(C)cc2Br)c(OC)c1. The fourth-order valence-corrected chi connectivity index (χ4v) is 3.16. The molecule has 0 spiro atoms. The lowest BCUT2D eigenvalue weighted by atomic mass is 10.1. The van der Waals surface area contributed by atoms with Gasteiger partial charge in [-0.25, -0.2) is 0 Å². The number of carbonyl (C=O) groups excluding carboxylic acids is 1. The van der Waals surface area contributed by atoms with Crippen LogP contribution >= 0.6 is 15.9 Å². The van der Waals surface area contributed by atoms with Gasteiger partial charge in [0.2, 0.25) is 0 Å². The van der Waals surface area contributed by atoms with Crippen LogP contribution in [0.3, 0.4) is 0 Å². The van der Waals surface area contributed by atoms with E-state index in [1.54, 1.807) is 39.2 Å². The summed E-state index contributed by atoms with van der Waals surface area (Å²) in [7, 11) is 4.95. The van der Waals surface area contributed by atoms with Gasteiger partial charge in [0.05, 0.1) is 18.7 Å². The Kier molecular flexibility index (Phi) is 6.91. The van der Waals surface area contributed by atoms with E-state index < -0.39 is 6.10 Å². The third-order valence-corrected chi connectivity index (χ3v) is 4.64. The number of ether oxygens (including phenoxy) is 3. The minimum Gasteiger partial charge on any atom is -0.497 e. The van der Waals surface area contributed by atoms with Crippen LogP contribution in [-0.4, -0.2) is 38.2 Å². The summed E-state index contributed by atoms with van der Waals surface area (Å²) in [4.78, 5) is 14.3. The van der Waals surface area contributed by atoms with Crippen molar-refractivity contribution in [1.82, 2.24) is 4.90 Å². The zero-order valence-corrected chi connectivity index (χ0v) is 17.3. The summed E-state index contributed by atoms with van der Waals surface area (Å²) in [5, 5.41) is 0. The van der Waals surface area contributed by atoms with Crippen LogP contribution in [0.25, 0.3) is 0 Å². The molecule has 1 amide bonds. The Morgan fingerprint density at radius 1 is 1.12 bits per heavy atom. The lowest BCUT2D eigenvalue weighted by Gasteiger charge is -2.23. The molecule has 5 nitrogen and oxygen atoms in total. The molecule has 0 aliphatic heterocycles. The van der Waals surface area contributed by atoms with Crippen molar-refractivity contribution in [2.75, 3.05) is 21.3 Å². The predicted molar refractivity (Wildman–Crippen MR) is 105 cm³/mol. The minimum absolute atomic E-state index is 0.115. The van der Waals surface area contributed by atoms with Crippen molar-refractivity contribution in [3.8, 4) is 17.2 Å². The summed E-state index contributed by atoms with van der Waals surface area (Å²) < 4.78 is 17.3. The summed E-state index contributed by atoms with van der Waals surface area (Å²) in [6.45, 7) is 4.16. The van der Waals surface area contributed by atoms with Crippen LogP contribution in [0.2, 0.25) is 0 Å². The van der Waals surface area contributed by atoms with Crippen molar-refractivity contribution in [3.63, 3.8) is 0 Å². The van der Waals surface area contributed by atoms with E-state index in [4.69, 9.17) is 14.2 Å². The molecule has 140 valence electrons. The topological polar surface area (TPSA) is 48.0 Å². The summed E-state index contributed by atoms with van der Waals surface area (Å²) in [5.41, 5.74) is 2.01. The molecule has 26 heavy (non-hydrogen) atoms. The minimum atomic E-state index is -0.608. The smallest absolute Gasteiger partial charge is 0.263 e. The van der Waals surface area contributed by atoms with Crippen LogP contribution < -0.4 is 14.2 Å². The second-order valence-corrected chi connectivity index (χ2v) is 6.92. The maximum absolute atomic E-state index is 12.7. The summed E-state index contributed by atoms with van der Waals surface area (Å²) in [6.07, 6.45) is -0.608. The van der Waals surface area contributed by atoms with Gasteiger partial charge in [0.25, 0.3) is 5.91 Å². The highest BCUT2D eigenvalue weighted by Crippen LogP contribution is 2.28. The highest BCUT2D eigenvalue weighted by Gasteiger charge is 2.21. The molecule has 0 aliphatic rings. The predicted octanol–water partition coefficient (Wildman–Crippen LogP) is 4.20. The van der Waals surface area contributed by atoms with Gasteiger partial charge in [-0.05, 0) is 59.6 Å². The number of aryl methyl sites for hydroxylation is 1. The van der Waals surface area contributed by atoms with Gasteiger partial charge in [0.1, 0.15) is 17.2 Å². The largest absolute Gasteiger partial charge is 0.497 e. The zero-order valence-electron chi connectivity index (χ0n) is 15.7. The Balaban J connectivity index is 2.06. The lowest BCUT2D eigenvalue weighted by Crippen LogP contribution is -2.37. The quantitative estimate of drug-likeness (QED) is 0.671. The Labute approximate surface area is 163 Å².